The first-order valence-corrected chi connectivity index (χ1v) is 8.31. The normalized spacial score (nSPS) is 19.7. The second kappa shape index (κ2) is 6.61. The van der Waals surface area contributed by atoms with E-state index in [2.05, 4.69) is 41.0 Å². The maximum atomic E-state index is 4.63. The molecule has 4 heteroatoms. The highest BCUT2D eigenvalue weighted by Gasteiger charge is 2.21. The van der Waals surface area contributed by atoms with Crippen molar-refractivity contribution in [1.82, 2.24) is 19.7 Å². The summed E-state index contributed by atoms with van der Waals surface area (Å²) in [6.45, 7) is 7.08. The minimum Gasteiger partial charge on any atom is -0.301 e. The summed E-state index contributed by atoms with van der Waals surface area (Å²) in [7, 11) is 1.95. The Hall–Kier alpha value is -1.68. The molecule has 1 saturated heterocycles. The van der Waals surface area contributed by atoms with Gasteiger partial charge < -0.3 is 4.90 Å². The third-order valence-electron chi connectivity index (χ3n) is 4.71. The van der Waals surface area contributed by atoms with Crippen LogP contribution in [0.1, 0.15) is 32.3 Å². The van der Waals surface area contributed by atoms with Gasteiger partial charge in [-0.1, -0.05) is 6.07 Å². The Bertz CT molecular complexity index is 600. The van der Waals surface area contributed by atoms with Crippen LogP contribution in [0.4, 0.5) is 0 Å². The number of nitrogens with zero attached hydrogens (tertiary/aromatic N) is 4. The lowest BCUT2D eigenvalue weighted by Crippen LogP contribution is -2.40. The summed E-state index contributed by atoms with van der Waals surface area (Å²) in [6.07, 6.45) is 7.65. The van der Waals surface area contributed by atoms with E-state index in [4.69, 9.17) is 0 Å². The molecule has 22 heavy (non-hydrogen) atoms. The van der Waals surface area contributed by atoms with E-state index in [0.29, 0.717) is 6.04 Å². The van der Waals surface area contributed by atoms with Gasteiger partial charge in [0.2, 0.25) is 0 Å². The Labute approximate surface area is 133 Å². The van der Waals surface area contributed by atoms with Crippen molar-refractivity contribution >= 4 is 0 Å². The van der Waals surface area contributed by atoms with E-state index in [9.17, 15) is 0 Å². The predicted molar refractivity (Wildman–Crippen MR) is 89.6 cm³/mol. The van der Waals surface area contributed by atoms with Crippen LogP contribution in [0.3, 0.4) is 0 Å². The third kappa shape index (κ3) is 3.38. The van der Waals surface area contributed by atoms with Crippen LogP contribution in [0.15, 0.2) is 30.6 Å². The van der Waals surface area contributed by atoms with Gasteiger partial charge in [0.15, 0.2) is 0 Å². The van der Waals surface area contributed by atoms with Gasteiger partial charge in [0.1, 0.15) is 0 Å². The first-order chi connectivity index (χ1) is 10.6. The van der Waals surface area contributed by atoms with Gasteiger partial charge in [0.25, 0.3) is 0 Å². The monoisotopic (exact) mass is 298 g/mol. The van der Waals surface area contributed by atoms with Crippen LogP contribution in [0.2, 0.25) is 0 Å². The molecule has 4 nitrogen and oxygen atoms in total. The molecule has 1 atom stereocenters. The molecule has 0 radical (unpaired) electrons. The van der Waals surface area contributed by atoms with E-state index in [1.54, 1.807) is 0 Å². The number of hydrogen-bond donors (Lipinski definition) is 0. The maximum Gasteiger partial charge on any atom is 0.0883 e. The quantitative estimate of drug-likeness (QED) is 0.869. The van der Waals surface area contributed by atoms with Gasteiger partial charge in [-0.25, -0.2) is 0 Å². The molecule has 0 spiro atoms. The minimum atomic E-state index is 0.660. The molecule has 2 aromatic heterocycles. The third-order valence-corrected chi connectivity index (χ3v) is 4.71. The van der Waals surface area contributed by atoms with Crippen molar-refractivity contribution < 1.29 is 0 Å². The number of hydrogen-bond acceptors (Lipinski definition) is 3. The zero-order chi connectivity index (χ0) is 15.5. The average molecular weight is 298 g/mol. The van der Waals surface area contributed by atoms with Crippen LogP contribution >= 0.6 is 0 Å². The average Bonchev–Trinajstić information content (AvgIpc) is 2.94. The fraction of sp³-hybridized carbons (Fsp3) is 0.556. The van der Waals surface area contributed by atoms with Crippen LogP contribution in [-0.4, -0.2) is 38.8 Å². The zero-order valence-electron chi connectivity index (χ0n) is 13.9. The van der Waals surface area contributed by atoms with Crippen LogP contribution in [0, 0.1) is 5.92 Å². The first-order valence-electron chi connectivity index (χ1n) is 8.31. The smallest absolute Gasteiger partial charge is 0.0883 e. The predicted octanol–water partition coefficient (Wildman–Crippen LogP) is 3.15. The fourth-order valence-electron chi connectivity index (χ4n) is 3.39. The van der Waals surface area contributed by atoms with Crippen LogP contribution in [0.25, 0.3) is 11.4 Å². The fourth-order valence-corrected chi connectivity index (χ4v) is 3.39. The van der Waals surface area contributed by atoms with Crippen molar-refractivity contribution in [2.24, 2.45) is 13.0 Å². The maximum absolute atomic E-state index is 4.63. The van der Waals surface area contributed by atoms with Crippen molar-refractivity contribution in [3.63, 3.8) is 0 Å². The molecule has 1 aliphatic rings. The van der Waals surface area contributed by atoms with E-state index < -0.39 is 0 Å². The Morgan fingerprint density at radius 3 is 2.77 bits per heavy atom. The van der Waals surface area contributed by atoms with E-state index in [1.807, 2.05) is 30.2 Å². The lowest BCUT2D eigenvalue weighted by molar-refractivity contribution is 0.139. The highest BCUT2D eigenvalue weighted by atomic mass is 15.3. The minimum absolute atomic E-state index is 0.660. The van der Waals surface area contributed by atoms with Crippen molar-refractivity contribution in [2.45, 2.75) is 39.2 Å². The summed E-state index contributed by atoms with van der Waals surface area (Å²) in [4.78, 5) is 7.23. The number of pyridine rings is 1. The topological polar surface area (TPSA) is 34.0 Å². The van der Waals surface area contributed by atoms with Gasteiger partial charge in [0, 0.05) is 32.0 Å². The van der Waals surface area contributed by atoms with Crippen LogP contribution < -0.4 is 0 Å². The lowest BCUT2D eigenvalue weighted by Gasteiger charge is -2.35. The Morgan fingerprint density at radius 2 is 2.14 bits per heavy atom. The highest BCUT2D eigenvalue weighted by Crippen LogP contribution is 2.23. The van der Waals surface area contributed by atoms with Crippen molar-refractivity contribution in [2.75, 3.05) is 13.1 Å². The van der Waals surface area contributed by atoms with Crippen molar-refractivity contribution in [3.05, 3.63) is 36.2 Å². The second-order valence-electron chi connectivity index (χ2n) is 6.69. The molecule has 0 aromatic carbocycles. The van der Waals surface area contributed by atoms with E-state index >= 15 is 0 Å². The van der Waals surface area contributed by atoms with E-state index in [1.165, 1.54) is 31.5 Å². The summed E-state index contributed by atoms with van der Waals surface area (Å²) in [5.41, 5.74) is 3.41. The largest absolute Gasteiger partial charge is 0.301 e. The van der Waals surface area contributed by atoms with Crippen LogP contribution in [0.5, 0.6) is 0 Å². The molecule has 0 aliphatic carbocycles. The van der Waals surface area contributed by atoms with Crippen molar-refractivity contribution in [3.8, 4) is 11.4 Å². The molecule has 3 rings (SSSR count). The highest BCUT2D eigenvalue weighted by molar-refractivity contribution is 5.53. The van der Waals surface area contributed by atoms with Crippen LogP contribution in [-0.2, 0) is 13.5 Å². The van der Waals surface area contributed by atoms with Gasteiger partial charge >= 0.3 is 0 Å². The lowest BCUT2D eigenvalue weighted by atomic mass is 9.91. The SMILES string of the molecule is CC(C)N1CCCC(Cc2ccc(-c3ccnn3C)nc2)C1. The Morgan fingerprint density at radius 1 is 1.27 bits per heavy atom. The van der Waals surface area contributed by atoms with Gasteiger partial charge in [0.05, 0.1) is 11.4 Å². The van der Waals surface area contributed by atoms with Gasteiger partial charge in [-0.05, 0) is 63.3 Å². The number of aromatic nitrogens is 3. The molecular formula is C18H26N4. The number of aryl methyl sites for hydroxylation is 1. The molecule has 3 heterocycles. The molecule has 1 fully saturated rings. The van der Waals surface area contributed by atoms with E-state index in [-0.39, 0.29) is 0 Å². The van der Waals surface area contributed by atoms with Gasteiger partial charge in [-0.2, -0.15) is 5.10 Å². The molecular weight excluding hydrogens is 272 g/mol. The molecule has 1 unspecified atom stereocenters. The first kappa shape index (κ1) is 15.2. The summed E-state index contributed by atoms with van der Waals surface area (Å²) in [5.74, 6) is 0.764. The second-order valence-corrected chi connectivity index (χ2v) is 6.69. The summed E-state index contributed by atoms with van der Waals surface area (Å²) >= 11 is 0. The Balaban J connectivity index is 1.65. The molecule has 118 valence electrons. The Kier molecular flexibility index (Phi) is 4.57. The van der Waals surface area contributed by atoms with E-state index in [0.717, 1.165) is 23.7 Å². The van der Waals surface area contributed by atoms with Gasteiger partial charge in [-0.15, -0.1) is 0 Å². The summed E-state index contributed by atoms with van der Waals surface area (Å²) in [5, 5.41) is 4.20. The standard InChI is InChI=1S/C18H26N4/c1-14(2)22-10-4-5-16(13-22)11-15-6-7-17(19-12-15)18-8-9-20-21(18)3/h6-9,12,14,16H,4-5,10-11,13H2,1-3H3. The molecule has 2 aromatic rings. The molecule has 0 bridgehead atoms. The number of piperidine rings is 1. The molecule has 1 aliphatic heterocycles. The number of rotatable bonds is 4. The molecule has 0 saturated carbocycles. The number of likely N-dealkylation sites (tertiary alicyclic amines) is 1. The summed E-state index contributed by atoms with van der Waals surface area (Å²) < 4.78 is 1.86. The molecule has 0 N–H and O–H groups in total. The zero-order valence-corrected chi connectivity index (χ0v) is 13.9. The van der Waals surface area contributed by atoms with Gasteiger partial charge in [-0.3, -0.25) is 9.67 Å². The summed E-state index contributed by atoms with van der Waals surface area (Å²) in [6, 6.07) is 7.01. The molecule has 0 amide bonds. The van der Waals surface area contributed by atoms with Crippen molar-refractivity contribution in [1.29, 1.82) is 0 Å².